The van der Waals surface area contributed by atoms with E-state index in [1.54, 1.807) is 6.20 Å². The molecule has 0 atom stereocenters. The molecule has 0 aliphatic carbocycles. The van der Waals surface area contributed by atoms with E-state index in [1.165, 1.54) is 0 Å². The number of nitrogen functional groups attached to an aromatic ring is 1. The zero-order chi connectivity index (χ0) is 13.4. The molecule has 0 amide bonds. The fourth-order valence-electron chi connectivity index (χ4n) is 1.92. The Balaban J connectivity index is 2.40. The number of nitrogens with zero attached hydrogens (tertiary/aromatic N) is 3. The molecule has 0 saturated carbocycles. The van der Waals surface area contributed by atoms with Crippen LogP contribution < -0.4 is 5.73 Å². The molecule has 0 spiro atoms. The highest BCUT2D eigenvalue weighted by molar-refractivity contribution is 6.31. The molecule has 0 unspecified atom stereocenters. The Morgan fingerprint density at radius 1 is 1.28 bits per heavy atom. The number of halogens is 1. The topological polar surface area (TPSA) is 56.7 Å². The first-order chi connectivity index (χ1) is 8.41. The van der Waals surface area contributed by atoms with Gasteiger partial charge in [0.25, 0.3) is 0 Å². The van der Waals surface area contributed by atoms with Crippen LogP contribution in [-0.4, -0.2) is 14.8 Å². The fraction of sp³-hybridized carbons (Fsp3) is 0.385. The van der Waals surface area contributed by atoms with E-state index in [0.29, 0.717) is 11.6 Å². The van der Waals surface area contributed by atoms with Crippen LogP contribution in [0.2, 0.25) is 5.02 Å². The number of rotatable bonds is 2. The normalized spacial score (nSPS) is 10.9. The van der Waals surface area contributed by atoms with Crippen molar-refractivity contribution in [3.05, 3.63) is 39.4 Å². The second-order valence-corrected chi connectivity index (χ2v) is 4.95. The molecule has 0 radical (unpaired) electrons. The number of hydrogen-bond acceptors (Lipinski definition) is 3. The summed E-state index contributed by atoms with van der Waals surface area (Å²) >= 11 is 6.13. The number of hydrogen-bond donors (Lipinski definition) is 1. The Morgan fingerprint density at radius 2 is 1.94 bits per heavy atom. The van der Waals surface area contributed by atoms with Crippen molar-refractivity contribution in [1.82, 2.24) is 14.8 Å². The van der Waals surface area contributed by atoms with Crippen molar-refractivity contribution in [1.29, 1.82) is 0 Å². The van der Waals surface area contributed by atoms with Gasteiger partial charge in [0.1, 0.15) is 0 Å². The van der Waals surface area contributed by atoms with Gasteiger partial charge >= 0.3 is 0 Å². The smallest absolute Gasteiger partial charge is 0.0844 e. The molecule has 2 heterocycles. The van der Waals surface area contributed by atoms with Crippen LogP contribution in [-0.2, 0) is 6.54 Å². The first kappa shape index (κ1) is 12.9. The van der Waals surface area contributed by atoms with E-state index in [4.69, 9.17) is 17.3 Å². The molecule has 2 rings (SSSR count). The molecule has 0 aromatic carbocycles. The van der Waals surface area contributed by atoms with Gasteiger partial charge in [-0.1, -0.05) is 11.6 Å². The highest BCUT2D eigenvalue weighted by atomic mass is 35.5. The van der Waals surface area contributed by atoms with Crippen LogP contribution in [0.25, 0.3) is 0 Å². The van der Waals surface area contributed by atoms with Crippen LogP contribution in [0.1, 0.15) is 28.2 Å². The second kappa shape index (κ2) is 4.61. The lowest BCUT2D eigenvalue weighted by Gasteiger charge is -2.11. The van der Waals surface area contributed by atoms with E-state index < -0.39 is 0 Å². The standard InChI is InChI=1S/C13H17ClN4/c1-7-5-16-11(8(2)13(7)15)6-18-10(4)12(14)9(3)17-18/h5H,6H2,1-4H3,(H2,15,16). The fourth-order valence-corrected chi connectivity index (χ4v) is 2.06. The number of anilines is 1. The molecule has 96 valence electrons. The lowest BCUT2D eigenvalue weighted by molar-refractivity contribution is 0.644. The summed E-state index contributed by atoms with van der Waals surface area (Å²) in [5.41, 5.74) is 11.6. The van der Waals surface area contributed by atoms with Crippen molar-refractivity contribution < 1.29 is 0 Å². The third-order valence-electron chi connectivity index (χ3n) is 3.27. The summed E-state index contributed by atoms with van der Waals surface area (Å²) in [6.07, 6.45) is 1.80. The van der Waals surface area contributed by atoms with Gasteiger partial charge in [-0.15, -0.1) is 0 Å². The zero-order valence-electron chi connectivity index (χ0n) is 11.1. The highest BCUT2D eigenvalue weighted by Crippen LogP contribution is 2.22. The van der Waals surface area contributed by atoms with E-state index >= 15 is 0 Å². The molecular formula is C13H17ClN4. The van der Waals surface area contributed by atoms with Gasteiger partial charge in [-0.2, -0.15) is 5.10 Å². The van der Waals surface area contributed by atoms with Crippen molar-refractivity contribution in [3.63, 3.8) is 0 Å². The third kappa shape index (κ3) is 2.08. The summed E-state index contributed by atoms with van der Waals surface area (Å²) in [5, 5.41) is 5.12. The van der Waals surface area contributed by atoms with E-state index in [0.717, 1.165) is 33.9 Å². The van der Waals surface area contributed by atoms with Gasteiger partial charge in [0.15, 0.2) is 0 Å². The summed E-state index contributed by atoms with van der Waals surface area (Å²) in [6, 6.07) is 0. The summed E-state index contributed by atoms with van der Waals surface area (Å²) in [6.45, 7) is 8.39. The molecule has 2 aromatic rings. The summed E-state index contributed by atoms with van der Waals surface area (Å²) < 4.78 is 1.86. The number of nitrogens with two attached hydrogens (primary N) is 1. The predicted octanol–water partition coefficient (Wildman–Crippen LogP) is 2.80. The average Bonchev–Trinajstić information content (AvgIpc) is 2.58. The van der Waals surface area contributed by atoms with Gasteiger partial charge in [-0.3, -0.25) is 9.67 Å². The van der Waals surface area contributed by atoms with Gasteiger partial charge in [-0.25, -0.2) is 0 Å². The minimum Gasteiger partial charge on any atom is -0.398 e. The molecule has 0 aliphatic rings. The predicted molar refractivity (Wildman–Crippen MR) is 73.9 cm³/mol. The minimum atomic E-state index is 0.593. The molecule has 2 N–H and O–H groups in total. The number of pyridine rings is 1. The molecule has 4 nitrogen and oxygen atoms in total. The van der Waals surface area contributed by atoms with Crippen LogP contribution in [0, 0.1) is 27.7 Å². The van der Waals surface area contributed by atoms with Crippen molar-refractivity contribution >= 4 is 17.3 Å². The molecular weight excluding hydrogens is 248 g/mol. The first-order valence-corrected chi connectivity index (χ1v) is 6.19. The van der Waals surface area contributed by atoms with Crippen molar-refractivity contribution in [2.24, 2.45) is 0 Å². The SMILES string of the molecule is Cc1cnc(Cn2nc(C)c(Cl)c2C)c(C)c1N. The van der Waals surface area contributed by atoms with Crippen molar-refractivity contribution in [3.8, 4) is 0 Å². The van der Waals surface area contributed by atoms with Crippen molar-refractivity contribution in [2.45, 2.75) is 34.2 Å². The second-order valence-electron chi connectivity index (χ2n) is 4.57. The molecule has 0 saturated heterocycles. The molecule has 2 aromatic heterocycles. The Morgan fingerprint density at radius 3 is 2.50 bits per heavy atom. The Kier molecular flexibility index (Phi) is 3.30. The molecule has 0 aliphatic heterocycles. The zero-order valence-corrected chi connectivity index (χ0v) is 11.8. The Labute approximate surface area is 112 Å². The van der Waals surface area contributed by atoms with Crippen molar-refractivity contribution in [2.75, 3.05) is 5.73 Å². The maximum absolute atomic E-state index is 6.13. The van der Waals surface area contributed by atoms with Crippen LogP contribution in [0.3, 0.4) is 0 Å². The van der Waals surface area contributed by atoms with E-state index in [-0.39, 0.29) is 0 Å². The van der Waals surface area contributed by atoms with E-state index in [2.05, 4.69) is 10.1 Å². The van der Waals surface area contributed by atoms with Gasteiger partial charge in [-0.05, 0) is 38.8 Å². The van der Waals surface area contributed by atoms with Gasteiger partial charge in [0, 0.05) is 11.9 Å². The minimum absolute atomic E-state index is 0.593. The lowest BCUT2D eigenvalue weighted by Crippen LogP contribution is -2.09. The van der Waals surface area contributed by atoms with Crippen LogP contribution in [0.5, 0.6) is 0 Å². The summed E-state index contributed by atoms with van der Waals surface area (Å²) in [4.78, 5) is 4.43. The van der Waals surface area contributed by atoms with Gasteiger partial charge in [0.05, 0.1) is 28.6 Å². The highest BCUT2D eigenvalue weighted by Gasteiger charge is 2.12. The third-order valence-corrected chi connectivity index (χ3v) is 3.82. The van der Waals surface area contributed by atoms with E-state index in [9.17, 15) is 0 Å². The average molecular weight is 265 g/mol. The van der Waals surface area contributed by atoms with Crippen LogP contribution >= 0.6 is 11.6 Å². The molecule has 0 fully saturated rings. The quantitative estimate of drug-likeness (QED) is 0.907. The largest absolute Gasteiger partial charge is 0.398 e. The van der Waals surface area contributed by atoms with Gasteiger partial charge < -0.3 is 5.73 Å². The monoisotopic (exact) mass is 264 g/mol. The van der Waals surface area contributed by atoms with Crippen LogP contribution in [0.4, 0.5) is 5.69 Å². The number of aromatic nitrogens is 3. The maximum atomic E-state index is 6.13. The Bertz CT molecular complexity index is 602. The molecule has 5 heteroatoms. The number of aryl methyl sites for hydroxylation is 2. The maximum Gasteiger partial charge on any atom is 0.0844 e. The Hall–Kier alpha value is -1.55. The van der Waals surface area contributed by atoms with Crippen LogP contribution in [0.15, 0.2) is 6.20 Å². The lowest BCUT2D eigenvalue weighted by atomic mass is 10.1. The molecule has 18 heavy (non-hydrogen) atoms. The van der Waals surface area contributed by atoms with E-state index in [1.807, 2.05) is 32.4 Å². The molecule has 0 bridgehead atoms. The van der Waals surface area contributed by atoms with Gasteiger partial charge in [0.2, 0.25) is 0 Å². The first-order valence-electron chi connectivity index (χ1n) is 5.82. The summed E-state index contributed by atoms with van der Waals surface area (Å²) in [7, 11) is 0. The summed E-state index contributed by atoms with van der Waals surface area (Å²) in [5.74, 6) is 0.